The zero-order chi connectivity index (χ0) is 16.0. The third-order valence-electron chi connectivity index (χ3n) is 4.66. The molecule has 0 saturated heterocycles. The normalized spacial score (nSPS) is 22.8. The highest BCUT2D eigenvalue weighted by Gasteiger charge is 2.37. The summed E-state index contributed by atoms with van der Waals surface area (Å²) in [6, 6.07) is 0. The van der Waals surface area contributed by atoms with Crippen LogP contribution < -0.4 is 5.32 Å². The second kappa shape index (κ2) is 7.81. The molecule has 0 bridgehead atoms. The molecule has 2 N–H and O–H groups in total. The van der Waals surface area contributed by atoms with Gasteiger partial charge in [0.2, 0.25) is 5.91 Å². The molecule has 2 atom stereocenters. The standard InChI is InChI=1S/C17H31NO3/c1-12(2)9-13(10-15(19)20)11-18-16(21)14-7-5-6-8-17(14,3)4/h12-14H,5-11H2,1-4H3,(H,18,21)(H,19,20). The van der Waals surface area contributed by atoms with Gasteiger partial charge in [0, 0.05) is 18.9 Å². The van der Waals surface area contributed by atoms with Gasteiger partial charge in [-0.25, -0.2) is 0 Å². The number of rotatable bonds is 7. The Morgan fingerprint density at radius 1 is 1.29 bits per heavy atom. The minimum Gasteiger partial charge on any atom is -0.481 e. The van der Waals surface area contributed by atoms with Crippen LogP contribution in [0.25, 0.3) is 0 Å². The SMILES string of the molecule is CC(C)CC(CNC(=O)C1CCCCC1(C)C)CC(=O)O. The van der Waals surface area contributed by atoms with Crippen molar-refractivity contribution in [3.8, 4) is 0 Å². The van der Waals surface area contributed by atoms with Crippen LogP contribution in [0.5, 0.6) is 0 Å². The van der Waals surface area contributed by atoms with E-state index in [2.05, 4.69) is 33.0 Å². The van der Waals surface area contributed by atoms with E-state index in [-0.39, 0.29) is 29.6 Å². The number of hydrogen-bond acceptors (Lipinski definition) is 2. The van der Waals surface area contributed by atoms with E-state index in [9.17, 15) is 9.59 Å². The van der Waals surface area contributed by atoms with Crippen molar-refractivity contribution in [3.05, 3.63) is 0 Å². The summed E-state index contributed by atoms with van der Waals surface area (Å²) in [5.41, 5.74) is 0.0582. The summed E-state index contributed by atoms with van der Waals surface area (Å²) in [4.78, 5) is 23.4. The maximum atomic E-state index is 12.4. The molecule has 1 amide bonds. The zero-order valence-electron chi connectivity index (χ0n) is 13.9. The third-order valence-corrected chi connectivity index (χ3v) is 4.66. The molecule has 0 heterocycles. The number of carboxylic acid groups (broad SMARTS) is 1. The third kappa shape index (κ3) is 6.06. The molecular formula is C17H31NO3. The number of amides is 1. The van der Waals surface area contributed by atoms with Crippen LogP contribution in [0.4, 0.5) is 0 Å². The fraction of sp³-hybridized carbons (Fsp3) is 0.882. The Labute approximate surface area is 128 Å². The molecule has 2 unspecified atom stereocenters. The molecule has 0 aliphatic heterocycles. The van der Waals surface area contributed by atoms with Crippen molar-refractivity contribution in [2.75, 3.05) is 6.54 Å². The number of aliphatic carboxylic acids is 1. The van der Waals surface area contributed by atoms with Crippen molar-refractivity contribution in [1.29, 1.82) is 0 Å². The summed E-state index contributed by atoms with van der Waals surface area (Å²) >= 11 is 0. The molecule has 4 heteroatoms. The molecule has 1 saturated carbocycles. The molecule has 122 valence electrons. The van der Waals surface area contributed by atoms with Crippen molar-refractivity contribution >= 4 is 11.9 Å². The predicted molar refractivity (Wildman–Crippen MR) is 83.9 cm³/mol. The molecule has 4 nitrogen and oxygen atoms in total. The minimum absolute atomic E-state index is 0.0261. The number of nitrogens with one attached hydrogen (secondary N) is 1. The Morgan fingerprint density at radius 3 is 2.48 bits per heavy atom. The first-order chi connectivity index (χ1) is 9.72. The molecule has 1 fully saturated rings. The van der Waals surface area contributed by atoms with Gasteiger partial charge < -0.3 is 10.4 Å². The maximum absolute atomic E-state index is 12.4. The quantitative estimate of drug-likeness (QED) is 0.756. The highest BCUT2D eigenvalue weighted by atomic mass is 16.4. The topological polar surface area (TPSA) is 66.4 Å². The molecule has 1 aliphatic rings. The van der Waals surface area contributed by atoms with Gasteiger partial charge in [-0.3, -0.25) is 9.59 Å². The Hall–Kier alpha value is -1.06. The van der Waals surface area contributed by atoms with E-state index in [1.54, 1.807) is 0 Å². The van der Waals surface area contributed by atoms with E-state index in [4.69, 9.17) is 5.11 Å². The Kier molecular flexibility index (Phi) is 6.69. The van der Waals surface area contributed by atoms with Gasteiger partial charge in [-0.05, 0) is 36.5 Å². The van der Waals surface area contributed by atoms with Crippen LogP contribution in [0, 0.1) is 23.2 Å². The van der Waals surface area contributed by atoms with Crippen LogP contribution in [0.2, 0.25) is 0 Å². The first-order valence-electron chi connectivity index (χ1n) is 8.22. The van der Waals surface area contributed by atoms with Crippen molar-refractivity contribution in [3.63, 3.8) is 0 Å². The molecule has 0 radical (unpaired) electrons. The van der Waals surface area contributed by atoms with Gasteiger partial charge in [0.25, 0.3) is 0 Å². The molecule has 0 spiro atoms. The second-order valence-electron chi connectivity index (χ2n) is 7.63. The van der Waals surface area contributed by atoms with Crippen LogP contribution in [-0.2, 0) is 9.59 Å². The van der Waals surface area contributed by atoms with Gasteiger partial charge in [-0.15, -0.1) is 0 Å². The first kappa shape index (κ1) is 18.0. The van der Waals surface area contributed by atoms with Crippen molar-refractivity contribution < 1.29 is 14.7 Å². The van der Waals surface area contributed by atoms with Gasteiger partial charge >= 0.3 is 5.97 Å². The zero-order valence-corrected chi connectivity index (χ0v) is 13.9. The van der Waals surface area contributed by atoms with E-state index < -0.39 is 5.97 Å². The fourth-order valence-corrected chi connectivity index (χ4v) is 3.50. The predicted octanol–water partition coefficient (Wildman–Crippen LogP) is 3.46. The lowest BCUT2D eigenvalue weighted by atomic mass is 9.68. The lowest BCUT2D eigenvalue weighted by molar-refractivity contribution is -0.138. The molecule has 21 heavy (non-hydrogen) atoms. The Morgan fingerprint density at radius 2 is 1.95 bits per heavy atom. The summed E-state index contributed by atoms with van der Waals surface area (Å²) in [6.45, 7) is 8.98. The summed E-state index contributed by atoms with van der Waals surface area (Å²) in [7, 11) is 0. The minimum atomic E-state index is -0.784. The monoisotopic (exact) mass is 297 g/mol. The second-order valence-corrected chi connectivity index (χ2v) is 7.63. The van der Waals surface area contributed by atoms with Gasteiger partial charge in [-0.1, -0.05) is 40.5 Å². The molecular weight excluding hydrogens is 266 g/mol. The Bertz CT molecular complexity index is 363. The lowest BCUT2D eigenvalue weighted by Gasteiger charge is -2.37. The summed E-state index contributed by atoms with van der Waals surface area (Å²) in [5.74, 6) is -0.141. The maximum Gasteiger partial charge on any atom is 0.303 e. The van der Waals surface area contributed by atoms with Crippen molar-refractivity contribution in [1.82, 2.24) is 5.32 Å². The number of carbonyl (C=O) groups excluding carboxylic acids is 1. The van der Waals surface area contributed by atoms with Crippen LogP contribution >= 0.6 is 0 Å². The van der Waals surface area contributed by atoms with Crippen molar-refractivity contribution in [2.45, 2.75) is 66.2 Å². The highest BCUT2D eigenvalue weighted by Crippen LogP contribution is 2.40. The van der Waals surface area contributed by atoms with Crippen LogP contribution in [0.1, 0.15) is 66.2 Å². The number of carbonyl (C=O) groups is 2. The molecule has 1 aliphatic carbocycles. The van der Waals surface area contributed by atoms with E-state index in [1.165, 1.54) is 6.42 Å². The van der Waals surface area contributed by atoms with Crippen LogP contribution in [0.15, 0.2) is 0 Å². The molecule has 1 rings (SSSR count). The lowest BCUT2D eigenvalue weighted by Crippen LogP contribution is -2.42. The van der Waals surface area contributed by atoms with Crippen LogP contribution in [0.3, 0.4) is 0 Å². The summed E-state index contributed by atoms with van der Waals surface area (Å²) < 4.78 is 0. The van der Waals surface area contributed by atoms with Gasteiger partial charge in [0.05, 0.1) is 0 Å². The van der Waals surface area contributed by atoms with E-state index in [0.717, 1.165) is 25.7 Å². The highest BCUT2D eigenvalue weighted by molar-refractivity contribution is 5.79. The van der Waals surface area contributed by atoms with E-state index >= 15 is 0 Å². The summed E-state index contributed by atoms with van der Waals surface area (Å²) in [6.07, 6.45) is 5.33. The van der Waals surface area contributed by atoms with E-state index in [1.807, 2.05) is 0 Å². The number of hydrogen-bond donors (Lipinski definition) is 2. The largest absolute Gasteiger partial charge is 0.481 e. The average molecular weight is 297 g/mol. The van der Waals surface area contributed by atoms with Crippen molar-refractivity contribution in [2.24, 2.45) is 23.2 Å². The number of carboxylic acids is 1. The van der Waals surface area contributed by atoms with Gasteiger partial charge in [0.1, 0.15) is 0 Å². The molecule has 0 aromatic rings. The summed E-state index contributed by atoms with van der Waals surface area (Å²) in [5, 5.41) is 12.0. The van der Waals surface area contributed by atoms with Crippen LogP contribution in [-0.4, -0.2) is 23.5 Å². The average Bonchev–Trinajstić information content (AvgIpc) is 2.33. The first-order valence-corrected chi connectivity index (χ1v) is 8.22. The van der Waals surface area contributed by atoms with Gasteiger partial charge in [-0.2, -0.15) is 0 Å². The molecule has 0 aromatic carbocycles. The fourth-order valence-electron chi connectivity index (χ4n) is 3.50. The smallest absolute Gasteiger partial charge is 0.303 e. The van der Waals surface area contributed by atoms with E-state index in [0.29, 0.717) is 12.5 Å². The molecule has 0 aromatic heterocycles. The Balaban J connectivity index is 2.53. The van der Waals surface area contributed by atoms with Gasteiger partial charge in [0.15, 0.2) is 0 Å².